The zero-order valence-electron chi connectivity index (χ0n) is 6.47. The summed E-state index contributed by atoms with van der Waals surface area (Å²) in [6, 6.07) is 0. The zero-order valence-corrected chi connectivity index (χ0v) is 6.47. The van der Waals surface area contributed by atoms with Crippen LogP contribution in [0.2, 0.25) is 0 Å². The fourth-order valence-electron chi connectivity index (χ4n) is 1.05. The molecule has 1 aliphatic heterocycles. The highest BCUT2D eigenvalue weighted by molar-refractivity contribution is 4.93. The van der Waals surface area contributed by atoms with Gasteiger partial charge in [-0.05, 0) is 0 Å². The molecule has 1 aliphatic rings. The molecule has 1 heterocycles. The molecule has 0 saturated carbocycles. The van der Waals surface area contributed by atoms with E-state index in [2.05, 4.69) is 4.74 Å². The Bertz CT molecular complexity index is 192. The number of halogens is 2. The maximum Gasteiger partial charge on any atom is 0.263 e. The first kappa shape index (κ1) is 10.7. The third-order valence-corrected chi connectivity index (χ3v) is 1.91. The van der Waals surface area contributed by atoms with Gasteiger partial charge in [0, 0.05) is 0 Å². The highest BCUT2D eigenvalue weighted by Gasteiger charge is 2.54. The fraction of sp³-hybridized carbons (Fsp3) is 1.00. The van der Waals surface area contributed by atoms with Crippen LogP contribution < -0.4 is 0 Å². The molecule has 0 unspecified atom stereocenters. The Morgan fingerprint density at radius 3 is 2.23 bits per heavy atom. The first-order valence-electron chi connectivity index (χ1n) is 3.58. The zero-order chi connectivity index (χ0) is 10.2. The number of alkyl halides is 2. The summed E-state index contributed by atoms with van der Waals surface area (Å²) in [5.74, 6) is -3.07. The molecular weight excluding hydrogens is 190 g/mol. The number of aliphatic hydroxyl groups is 4. The molecule has 13 heavy (non-hydrogen) atoms. The molecule has 0 spiro atoms. The van der Waals surface area contributed by atoms with Gasteiger partial charge in [-0.2, -0.15) is 0 Å². The maximum atomic E-state index is 13.1. The first-order valence-corrected chi connectivity index (χ1v) is 3.58. The number of ether oxygens (including phenoxy) is 1. The van der Waals surface area contributed by atoms with Crippen LogP contribution in [-0.4, -0.2) is 57.6 Å². The summed E-state index contributed by atoms with van der Waals surface area (Å²) in [6.07, 6.45) is -8.71. The Labute approximate surface area is 72.2 Å². The number of hydrogen-bond donors (Lipinski definition) is 4. The Hall–Kier alpha value is -0.340. The van der Waals surface area contributed by atoms with Crippen molar-refractivity contribution in [2.45, 2.75) is 30.5 Å². The van der Waals surface area contributed by atoms with E-state index < -0.39 is 37.1 Å². The van der Waals surface area contributed by atoms with E-state index in [9.17, 15) is 8.78 Å². The number of aliphatic hydroxyl groups excluding tert-OH is 4. The van der Waals surface area contributed by atoms with Gasteiger partial charge in [0.2, 0.25) is 6.36 Å². The summed E-state index contributed by atoms with van der Waals surface area (Å²) >= 11 is 0. The Kier molecular flexibility index (Phi) is 2.83. The van der Waals surface area contributed by atoms with E-state index in [1.807, 2.05) is 0 Å². The first-order chi connectivity index (χ1) is 5.92. The SMILES string of the molecule is OC[C@]1(F)O[C@H](F)[C@@H](O)[C@@H](O)[C@@H]1O. The molecule has 0 bridgehead atoms. The lowest BCUT2D eigenvalue weighted by atomic mass is 9.98. The monoisotopic (exact) mass is 200 g/mol. The smallest absolute Gasteiger partial charge is 0.263 e. The molecule has 0 aromatic carbocycles. The summed E-state index contributed by atoms with van der Waals surface area (Å²) in [5, 5.41) is 35.1. The molecule has 78 valence electrons. The second-order valence-electron chi connectivity index (χ2n) is 2.84. The van der Waals surface area contributed by atoms with Crippen LogP contribution in [0.25, 0.3) is 0 Å². The Morgan fingerprint density at radius 1 is 1.23 bits per heavy atom. The number of hydrogen-bond acceptors (Lipinski definition) is 5. The fourth-order valence-corrected chi connectivity index (χ4v) is 1.05. The molecule has 1 fully saturated rings. The molecule has 4 N–H and O–H groups in total. The second-order valence-corrected chi connectivity index (χ2v) is 2.84. The topological polar surface area (TPSA) is 90.2 Å². The van der Waals surface area contributed by atoms with Gasteiger partial charge in [0.15, 0.2) is 0 Å². The molecular formula is C6H10F2O5. The minimum atomic E-state index is -3.07. The van der Waals surface area contributed by atoms with E-state index in [1.54, 1.807) is 0 Å². The lowest BCUT2D eigenvalue weighted by Gasteiger charge is -2.40. The van der Waals surface area contributed by atoms with Crippen LogP contribution in [0.1, 0.15) is 0 Å². The normalized spacial score (nSPS) is 52.2. The molecule has 1 rings (SSSR count). The third kappa shape index (κ3) is 1.65. The standard InChI is InChI=1S/C6H10F2O5/c7-5-3(11)2(10)4(12)6(8,1-9)13-5/h2-5,9-12H,1H2/t2-,3+,4+,5+,6+/m1/s1. The van der Waals surface area contributed by atoms with Crippen molar-refractivity contribution in [1.82, 2.24) is 0 Å². The average molecular weight is 200 g/mol. The van der Waals surface area contributed by atoms with Crippen molar-refractivity contribution < 1.29 is 33.9 Å². The molecule has 0 aromatic heterocycles. The predicted octanol–water partition coefficient (Wildman–Crippen LogP) is -1.95. The Balaban J connectivity index is 2.82. The van der Waals surface area contributed by atoms with Gasteiger partial charge in [0.25, 0.3) is 5.85 Å². The summed E-state index contributed by atoms with van der Waals surface area (Å²) < 4.78 is 29.6. The molecule has 1 saturated heterocycles. The predicted molar refractivity (Wildman–Crippen MR) is 34.9 cm³/mol. The third-order valence-electron chi connectivity index (χ3n) is 1.91. The van der Waals surface area contributed by atoms with Crippen molar-refractivity contribution in [3.05, 3.63) is 0 Å². The molecule has 5 nitrogen and oxygen atoms in total. The minimum Gasteiger partial charge on any atom is -0.390 e. The quantitative estimate of drug-likeness (QED) is 0.395. The van der Waals surface area contributed by atoms with E-state index in [-0.39, 0.29) is 0 Å². The van der Waals surface area contributed by atoms with Gasteiger partial charge < -0.3 is 25.2 Å². The van der Waals surface area contributed by atoms with Gasteiger partial charge in [-0.1, -0.05) is 0 Å². The van der Waals surface area contributed by atoms with Crippen LogP contribution in [0.5, 0.6) is 0 Å². The van der Waals surface area contributed by atoms with Crippen LogP contribution in [0.15, 0.2) is 0 Å². The van der Waals surface area contributed by atoms with Crippen LogP contribution >= 0.6 is 0 Å². The minimum absolute atomic E-state index is 1.31. The lowest BCUT2D eigenvalue weighted by molar-refractivity contribution is -0.349. The molecule has 0 radical (unpaired) electrons. The van der Waals surface area contributed by atoms with Crippen molar-refractivity contribution in [2.24, 2.45) is 0 Å². The maximum absolute atomic E-state index is 13.1. The van der Waals surface area contributed by atoms with Crippen molar-refractivity contribution >= 4 is 0 Å². The van der Waals surface area contributed by atoms with E-state index >= 15 is 0 Å². The average Bonchev–Trinajstić information content (AvgIpc) is 2.12. The highest BCUT2D eigenvalue weighted by Crippen LogP contribution is 2.31. The van der Waals surface area contributed by atoms with E-state index in [0.717, 1.165) is 0 Å². The van der Waals surface area contributed by atoms with Crippen molar-refractivity contribution in [1.29, 1.82) is 0 Å². The van der Waals surface area contributed by atoms with E-state index in [4.69, 9.17) is 20.4 Å². The van der Waals surface area contributed by atoms with Crippen molar-refractivity contribution in [2.75, 3.05) is 6.61 Å². The molecule has 7 heteroatoms. The highest BCUT2D eigenvalue weighted by atomic mass is 19.2. The largest absolute Gasteiger partial charge is 0.390 e. The van der Waals surface area contributed by atoms with Gasteiger partial charge in [-0.3, -0.25) is 0 Å². The summed E-state index contributed by atoms with van der Waals surface area (Å²) in [5.41, 5.74) is 0. The van der Waals surface area contributed by atoms with E-state index in [1.165, 1.54) is 0 Å². The van der Waals surface area contributed by atoms with Gasteiger partial charge in [-0.25, -0.2) is 8.78 Å². The second kappa shape index (κ2) is 3.43. The Morgan fingerprint density at radius 2 is 1.77 bits per heavy atom. The lowest BCUT2D eigenvalue weighted by Crippen LogP contribution is -2.62. The van der Waals surface area contributed by atoms with E-state index in [0.29, 0.717) is 0 Å². The van der Waals surface area contributed by atoms with Gasteiger partial charge in [0.1, 0.15) is 24.9 Å². The molecule has 5 atom stereocenters. The summed E-state index contributed by atoms with van der Waals surface area (Å²) in [4.78, 5) is 0. The van der Waals surface area contributed by atoms with Gasteiger partial charge >= 0.3 is 0 Å². The molecule has 0 aromatic rings. The summed E-state index contributed by atoms with van der Waals surface area (Å²) in [6.45, 7) is -1.31. The van der Waals surface area contributed by atoms with Crippen LogP contribution in [0, 0.1) is 0 Å². The van der Waals surface area contributed by atoms with Crippen molar-refractivity contribution in [3.63, 3.8) is 0 Å². The summed E-state index contributed by atoms with van der Waals surface area (Å²) in [7, 11) is 0. The molecule has 0 aliphatic carbocycles. The van der Waals surface area contributed by atoms with Gasteiger partial charge in [0.05, 0.1) is 0 Å². The molecule has 0 amide bonds. The van der Waals surface area contributed by atoms with Crippen LogP contribution in [0.4, 0.5) is 8.78 Å². The van der Waals surface area contributed by atoms with Crippen molar-refractivity contribution in [3.8, 4) is 0 Å². The van der Waals surface area contributed by atoms with Gasteiger partial charge in [-0.15, -0.1) is 0 Å². The number of rotatable bonds is 1. The van der Waals surface area contributed by atoms with Crippen LogP contribution in [0.3, 0.4) is 0 Å². The van der Waals surface area contributed by atoms with Crippen LogP contribution in [-0.2, 0) is 4.74 Å².